The fourth-order valence-corrected chi connectivity index (χ4v) is 2.66. The van der Waals surface area contributed by atoms with Crippen molar-refractivity contribution in [3.05, 3.63) is 46.7 Å². The maximum atomic E-state index is 11.0. The molecule has 5 heteroatoms. The number of carbonyl (C=O) groups is 1. The summed E-state index contributed by atoms with van der Waals surface area (Å²) in [6, 6.07) is 7.49. The number of hydrogen-bond acceptors (Lipinski definition) is 2. The molecular formula is C14H13ClN2O2. The lowest BCUT2D eigenvalue weighted by atomic mass is 9.88. The van der Waals surface area contributed by atoms with Crippen LogP contribution in [0.3, 0.4) is 0 Å². The fourth-order valence-electron chi connectivity index (χ4n) is 2.54. The number of nitrogens with zero attached hydrogens (tertiary/aromatic N) is 2. The molecule has 19 heavy (non-hydrogen) atoms. The van der Waals surface area contributed by atoms with E-state index in [0.717, 1.165) is 23.4 Å². The normalized spacial score (nSPS) is 18.1. The molecule has 0 spiro atoms. The predicted molar refractivity (Wildman–Crippen MR) is 71.7 cm³/mol. The third kappa shape index (κ3) is 2.24. The number of hydrogen-bond donors (Lipinski definition) is 1. The van der Waals surface area contributed by atoms with Gasteiger partial charge >= 0.3 is 5.97 Å². The average Bonchev–Trinajstić information content (AvgIpc) is 2.82. The van der Waals surface area contributed by atoms with Crippen LogP contribution in [0.15, 0.2) is 30.5 Å². The standard InChI is InChI=1S/C14H13ClN2O2/c15-11-2-4-12(5-3-11)17-13-6-1-9(14(18)19)7-10(13)8-16-17/h2-5,8-9H,1,6-7H2,(H,18,19)/t9-/m1/s1. The van der Waals surface area contributed by atoms with Crippen molar-refractivity contribution < 1.29 is 9.90 Å². The summed E-state index contributed by atoms with van der Waals surface area (Å²) >= 11 is 5.88. The van der Waals surface area contributed by atoms with Gasteiger partial charge in [0.1, 0.15) is 0 Å². The summed E-state index contributed by atoms with van der Waals surface area (Å²) in [6.45, 7) is 0. The summed E-state index contributed by atoms with van der Waals surface area (Å²) in [5, 5.41) is 14.1. The van der Waals surface area contributed by atoms with Crippen molar-refractivity contribution in [2.75, 3.05) is 0 Å². The third-order valence-electron chi connectivity index (χ3n) is 3.57. The Morgan fingerprint density at radius 1 is 1.37 bits per heavy atom. The van der Waals surface area contributed by atoms with Crippen LogP contribution >= 0.6 is 11.6 Å². The van der Waals surface area contributed by atoms with Gasteiger partial charge in [0.05, 0.1) is 17.8 Å². The van der Waals surface area contributed by atoms with Crippen molar-refractivity contribution in [2.24, 2.45) is 5.92 Å². The molecule has 0 bridgehead atoms. The Labute approximate surface area is 115 Å². The number of fused-ring (bicyclic) bond motifs is 1. The maximum Gasteiger partial charge on any atom is 0.306 e. The van der Waals surface area contributed by atoms with Crippen LogP contribution in [0.4, 0.5) is 0 Å². The molecule has 0 radical (unpaired) electrons. The molecule has 1 heterocycles. The maximum absolute atomic E-state index is 11.0. The summed E-state index contributed by atoms with van der Waals surface area (Å²) in [6.07, 6.45) is 3.76. The first kappa shape index (κ1) is 12.2. The van der Waals surface area contributed by atoms with Crippen LogP contribution in [0, 0.1) is 5.92 Å². The summed E-state index contributed by atoms with van der Waals surface area (Å²) in [5.41, 5.74) is 3.10. The molecule has 1 aromatic carbocycles. The quantitative estimate of drug-likeness (QED) is 0.917. The van der Waals surface area contributed by atoms with E-state index in [1.54, 1.807) is 6.20 Å². The zero-order valence-electron chi connectivity index (χ0n) is 10.2. The highest BCUT2D eigenvalue weighted by Crippen LogP contribution is 2.27. The summed E-state index contributed by atoms with van der Waals surface area (Å²) < 4.78 is 1.88. The van der Waals surface area contributed by atoms with Gasteiger partial charge in [0.15, 0.2) is 0 Å². The molecule has 3 rings (SSSR count). The van der Waals surface area contributed by atoms with Crippen molar-refractivity contribution in [1.29, 1.82) is 0 Å². The first-order chi connectivity index (χ1) is 9.15. The Hall–Kier alpha value is -1.81. The Morgan fingerprint density at radius 2 is 2.11 bits per heavy atom. The van der Waals surface area contributed by atoms with Crippen LogP contribution in [0.5, 0.6) is 0 Å². The average molecular weight is 277 g/mol. The monoisotopic (exact) mass is 276 g/mol. The number of benzene rings is 1. The minimum absolute atomic E-state index is 0.282. The third-order valence-corrected chi connectivity index (χ3v) is 3.82. The van der Waals surface area contributed by atoms with E-state index in [1.807, 2.05) is 28.9 Å². The van der Waals surface area contributed by atoms with E-state index in [4.69, 9.17) is 16.7 Å². The topological polar surface area (TPSA) is 55.1 Å². The van der Waals surface area contributed by atoms with E-state index in [-0.39, 0.29) is 5.92 Å². The van der Waals surface area contributed by atoms with Crippen LogP contribution in [0.2, 0.25) is 5.02 Å². The second-order valence-corrected chi connectivity index (χ2v) is 5.22. The minimum Gasteiger partial charge on any atom is -0.481 e. The Bertz CT molecular complexity index is 619. The molecule has 98 valence electrons. The van der Waals surface area contributed by atoms with Crippen LogP contribution < -0.4 is 0 Å². The van der Waals surface area contributed by atoms with E-state index in [2.05, 4.69) is 5.10 Å². The molecule has 1 N–H and O–H groups in total. The van der Waals surface area contributed by atoms with Crippen molar-refractivity contribution >= 4 is 17.6 Å². The van der Waals surface area contributed by atoms with Crippen LogP contribution in [-0.4, -0.2) is 20.9 Å². The molecule has 0 saturated carbocycles. The molecule has 1 atom stereocenters. The second kappa shape index (κ2) is 4.70. The van der Waals surface area contributed by atoms with Crippen LogP contribution in [0.25, 0.3) is 5.69 Å². The Kier molecular flexibility index (Phi) is 3.03. The van der Waals surface area contributed by atoms with E-state index >= 15 is 0 Å². The number of carboxylic acids is 1. The molecular weight excluding hydrogens is 264 g/mol. The van der Waals surface area contributed by atoms with Crippen molar-refractivity contribution in [1.82, 2.24) is 9.78 Å². The van der Waals surface area contributed by atoms with Crippen LogP contribution in [-0.2, 0) is 17.6 Å². The van der Waals surface area contributed by atoms with Gasteiger partial charge in [-0.05, 0) is 49.1 Å². The molecule has 0 saturated heterocycles. The summed E-state index contributed by atoms with van der Waals surface area (Å²) in [5.74, 6) is -1.000. The van der Waals surface area contributed by atoms with Gasteiger partial charge in [0.2, 0.25) is 0 Å². The van der Waals surface area contributed by atoms with Crippen molar-refractivity contribution in [3.8, 4) is 5.69 Å². The van der Waals surface area contributed by atoms with E-state index in [0.29, 0.717) is 17.9 Å². The number of aliphatic carboxylic acids is 1. The smallest absolute Gasteiger partial charge is 0.306 e. The van der Waals surface area contributed by atoms with Gasteiger partial charge in [-0.15, -0.1) is 0 Å². The summed E-state index contributed by atoms with van der Waals surface area (Å²) in [4.78, 5) is 11.0. The number of rotatable bonds is 2. The fraction of sp³-hybridized carbons (Fsp3) is 0.286. The van der Waals surface area contributed by atoms with Crippen molar-refractivity contribution in [3.63, 3.8) is 0 Å². The highest BCUT2D eigenvalue weighted by atomic mass is 35.5. The van der Waals surface area contributed by atoms with Crippen molar-refractivity contribution in [2.45, 2.75) is 19.3 Å². The molecule has 0 amide bonds. The highest BCUT2D eigenvalue weighted by molar-refractivity contribution is 6.30. The molecule has 1 aliphatic carbocycles. The van der Waals surface area contributed by atoms with Gasteiger partial charge in [-0.1, -0.05) is 11.6 Å². The van der Waals surface area contributed by atoms with Gasteiger partial charge in [0.25, 0.3) is 0 Å². The predicted octanol–water partition coefficient (Wildman–Crippen LogP) is 2.72. The highest BCUT2D eigenvalue weighted by Gasteiger charge is 2.27. The number of halogens is 1. The lowest BCUT2D eigenvalue weighted by Gasteiger charge is -2.19. The van der Waals surface area contributed by atoms with Gasteiger partial charge in [-0.3, -0.25) is 4.79 Å². The molecule has 0 aliphatic heterocycles. The van der Waals surface area contributed by atoms with E-state index in [1.165, 1.54) is 0 Å². The number of aromatic nitrogens is 2. The zero-order valence-corrected chi connectivity index (χ0v) is 11.0. The van der Waals surface area contributed by atoms with E-state index in [9.17, 15) is 4.79 Å². The molecule has 1 aromatic heterocycles. The molecule has 1 aliphatic rings. The minimum atomic E-state index is -0.718. The lowest BCUT2D eigenvalue weighted by molar-refractivity contribution is -0.142. The van der Waals surface area contributed by atoms with Crippen LogP contribution in [0.1, 0.15) is 17.7 Å². The first-order valence-corrected chi connectivity index (χ1v) is 6.57. The van der Waals surface area contributed by atoms with Gasteiger partial charge in [-0.25, -0.2) is 4.68 Å². The Balaban J connectivity index is 1.95. The van der Waals surface area contributed by atoms with E-state index < -0.39 is 5.97 Å². The Morgan fingerprint density at radius 3 is 2.79 bits per heavy atom. The first-order valence-electron chi connectivity index (χ1n) is 6.19. The van der Waals surface area contributed by atoms with Gasteiger partial charge in [-0.2, -0.15) is 5.10 Å². The second-order valence-electron chi connectivity index (χ2n) is 4.78. The molecule has 2 aromatic rings. The lowest BCUT2D eigenvalue weighted by Crippen LogP contribution is -2.22. The molecule has 4 nitrogen and oxygen atoms in total. The van der Waals surface area contributed by atoms with Gasteiger partial charge < -0.3 is 5.11 Å². The number of carboxylic acid groups (broad SMARTS) is 1. The SMILES string of the molecule is O=C(O)[C@@H]1CCc2c(cnn2-c2ccc(Cl)cc2)C1. The molecule has 0 fully saturated rings. The summed E-state index contributed by atoms with van der Waals surface area (Å²) in [7, 11) is 0. The largest absolute Gasteiger partial charge is 0.481 e. The zero-order chi connectivity index (χ0) is 13.4. The van der Waals surface area contributed by atoms with Gasteiger partial charge in [0, 0.05) is 10.7 Å². The molecule has 0 unspecified atom stereocenters.